The van der Waals surface area contributed by atoms with Crippen LogP contribution >= 0.6 is 0 Å². The Morgan fingerprint density at radius 3 is 2.62 bits per heavy atom. The van der Waals surface area contributed by atoms with Gasteiger partial charge in [-0.15, -0.1) is 0 Å². The van der Waals surface area contributed by atoms with Crippen LogP contribution in [-0.2, 0) is 20.7 Å². The predicted molar refractivity (Wildman–Crippen MR) is 71.3 cm³/mol. The fourth-order valence-electron chi connectivity index (χ4n) is 2.12. The Balaban J connectivity index is 1.94. The van der Waals surface area contributed by atoms with Crippen molar-refractivity contribution < 1.29 is 23.1 Å². The van der Waals surface area contributed by atoms with Crippen LogP contribution in [0.3, 0.4) is 0 Å². The Bertz CT molecular complexity index is 544. The highest BCUT2D eigenvalue weighted by Crippen LogP contribution is 2.33. The van der Waals surface area contributed by atoms with Gasteiger partial charge in [-0.2, -0.15) is 0 Å². The van der Waals surface area contributed by atoms with Crippen LogP contribution in [0.25, 0.3) is 0 Å². The van der Waals surface area contributed by atoms with Crippen molar-refractivity contribution in [1.29, 1.82) is 0 Å². The lowest BCUT2D eigenvalue weighted by Crippen LogP contribution is -2.42. The number of nitrogens with one attached hydrogen (secondary N) is 1. The second kappa shape index (κ2) is 6.65. The minimum Gasteiger partial charge on any atom is -0.467 e. The second-order valence-corrected chi connectivity index (χ2v) is 5.25. The van der Waals surface area contributed by atoms with Crippen molar-refractivity contribution in [3.8, 4) is 0 Å². The van der Waals surface area contributed by atoms with Crippen molar-refractivity contribution >= 4 is 11.9 Å². The number of rotatable bonds is 6. The predicted octanol–water partition coefficient (Wildman–Crippen LogP) is 1.97. The van der Waals surface area contributed by atoms with E-state index in [1.807, 2.05) is 0 Å². The van der Waals surface area contributed by atoms with Gasteiger partial charge in [-0.3, -0.25) is 4.79 Å². The van der Waals surface area contributed by atoms with Crippen LogP contribution in [0.15, 0.2) is 18.2 Å². The molecule has 21 heavy (non-hydrogen) atoms. The van der Waals surface area contributed by atoms with E-state index in [1.165, 1.54) is 13.2 Å². The largest absolute Gasteiger partial charge is 0.467 e. The Hall–Kier alpha value is -1.98. The molecule has 1 amide bonds. The van der Waals surface area contributed by atoms with Gasteiger partial charge in [0.2, 0.25) is 5.91 Å². The number of hydrogen-bond acceptors (Lipinski definition) is 3. The molecule has 1 atom stereocenters. The first-order valence-corrected chi connectivity index (χ1v) is 6.80. The zero-order valence-electron chi connectivity index (χ0n) is 11.7. The minimum atomic E-state index is -0.997. The van der Waals surface area contributed by atoms with Gasteiger partial charge < -0.3 is 10.1 Å². The van der Waals surface area contributed by atoms with Gasteiger partial charge in [0.15, 0.2) is 11.6 Å². The summed E-state index contributed by atoms with van der Waals surface area (Å²) in [7, 11) is 1.27. The van der Waals surface area contributed by atoms with Gasteiger partial charge in [0, 0.05) is 0 Å². The standard InChI is InChI=1S/C15H17F2NO3/c1-21-15(20)13(7-9-2-3-9)18-14(19)8-10-4-5-11(16)12(17)6-10/h4-6,9,13H,2-3,7-8H2,1H3,(H,18,19)/t13-/m1/s1. The third-order valence-corrected chi connectivity index (χ3v) is 3.44. The fourth-order valence-corrected chi connectivity index (χ4v) is 2.12. The van der Waals surface area contributed by atoms with Gasteiger partial charge in [-0.05, 0) is 30.0 Å². The van der Waals surface area contributed by atoms with Crippen LogP contribution in [-0.4, -0.2) is 25.0 Å². The molecule has 1 aliphatic rings. The van der Waals surface area contributed by atoms with Crippen molar-refractivity contribution in [2.75, 3.05) is 7.11 Å². The molecule has 114 valence electrons. The van der Waals surface area contributed by atoms with E-state index in [0.29, 0.717) is 17.9 Å². The van der Waals surface area contributed by atoms with E-state index in [1.54, 1.807) is 0 Å². The van der Waals surface area contributed by atoms with E-state index in [-0.39, 0.29) is 6.42 Å². The van der Waals surface area contributed by atoms with E-state index in [9.17, 15) is 18.4 Å². The molecule has 0 unspecified atom stereocenters. The van der Waals surface area contributed by atoms with E-state index in [0.717, 1.165) is 25.0 Å². The maximum atomic E-state index is 13.1. The van der Waals surface area contributed by atoms with Crippen LogP contribution < -0.4 is 5.32 Å². The molecule has 4 nitrogen and oxygen atoms in total. The van der Waals surface area contributed by atoms with Crippen molar-refractivity contribution in [3.05, 3.63) is 35.4 Å². The van der Waals surface area contributed by atoms with Crippen molar-refractivity contribution in [2.24, 2.45) is 5.92 Å². The van der Waals surface area contributed by atoms with E-state index in [4.69, 9.17) is 0 Å². The van der Waals surface area contributed by atoms with Crippen LogP contribution in [0.4, 0.5) is 8.78 Å². The third kappa shape index (κ3) is 4.51. The zero-order valence-corrected chi connectivity index (χ0v) is 11.7. The summed E-state index contributed by atoms with van der Waals surface area (Å²) >= 11 is 0. The Kier molecular flexibility index (Phi) is 4.88. The molecular weight excluding hydrogens is 280 g/mol. The quantitative estimate of drug-likeness (QED) is 0.817. The van der Waals surface area contributed by atoms with Gasteiger partial charge in [0.25, 0.3) is 0 Å². The molecule has 1 fully saturated rings. The molecule has 1 aromatic rings. The summed E-state index contributed by atoms with van der Waals surface area (Å²) < 4.78 is 30.5. The molecule has 0 heterocycles. The fraction of sp³-hybridized carbons (Fsp3) is 0.467. The van der Waals surface area contributed by atoms with Gasteiger partial charge in [-0.1, -0.05) is 18.9 Å². The number of esters is 1. The van der Waals surface area contributed by atoms with Crippen LogP contribution in [0.1, 0.15) is 24.8 Å². The van der Waals surface area contributed by atoms with E-state index in [2.05, 4.69) is 10.1 Å². The minimum absolute atomic E-state index is 0.116. The number of methoxy groups -OCH3 is 1. The molecule has 1 aliphatic carbocycles. The summed E-state index contributed by atoms with van der Waals surface area (Å²) in [6.07, 6.45) is 2.53. The van der Waals surface area contributed by atoms with Crippen LogP contribution in [0, 0.1) is 17.6 Å². The summed E-state index contributed by atoms with van der Waals surface area (Å²) in [5, 5.41) is 2.59. The third-order valence-electron chi connectivity index (χ3n) is 3.44. The van der Waals surface area contributed by atoms with E-state index < -0.39 is 29.6 Å². The summed E-state index contributed by atoms with van der Waals surface area (Å²) in [6, 6.07) is 2.61. The molecule has 1 aromatic carbocycles. The number of halogens is 2. The molecule has 0 aromatic heterocycles. The average Bonchev–Trinajstić information content (AvgIpc) is 3.25. The molecule has 0 saturated heterocycles. The Morgan fingerprint density at radius 2 is 2.05 bits per heavy atom. The number of benzene rings is 1. The van der Waals surface area contributed by atoms with Gasteiger partial charge in [0.05, 0.1) is 13.5 Å². The molecule has 2 rings (SSSR count). The lowest BCUT2D eigenvalue weighted by Gasteiger charge is -2.16. The zero-order chi connectivity index (χ0) is 15.4. The summed E-state index contributed by atoms with van der Waals surface area (Å²) in [4.78, 5) is 23.5. The highest BCUT2D eigenvalue weighted by atomic mass is 19.2. The second-order valence-electron chi connectivity index (χ2n) is 5.25. The maximum Gasteiger partial charge on any atom is 0.328 e. The lowest BCUT2D eigenvalue weighted by molar-refractivity contribution is -0.145. The lowest BCUT2D eigenvalue weighted by atomic mass is 10.1. The highest BCUT2D eigenvalue weighted by molar-refractivity contribution is 5.85. The first kappa shape index (κ1) is 15.4. The van der Waals surface area contributed by atoms with Crippen molar-refractivity contribution in [2.45, 2.75) is 31.7 Å². The smallest absolute Gasteiger partial charge is 0.328 e. The SMILES string of the molecule is COC(=O)[C@@H](CC1CC1)NC(=O)Cc1ccc(F)c(F)c1. The van der Waals surface area contributed by atoms with Crippen LogP contribution in [0.2, 0.25) is 0 Å². The van der Waals surface area contributed by atoms with Crippen molar-refractivity contribution in [1.82, 2.24) is 5.32 Å². The van der Waals surface area contributed by atoms with Crippen molar-refractivity contribution in [3.63, 3.8) is 0 Å². The van der Waals surface area contributed by atoms with E-state index >= 15 is 0 Å². The number of amides is 1. The molecule has 1 saturated carbocycles. The summed E-state index contributed by atoms with van der Waals surface area (Å²) in [5.41, 5.74) is 0.349. The molecule has 6 heteroatoms. The summed E-state index contributed by atoms with van der Waals surface area (Å²) in [5.74, 6) is -2.42. The average molecular weight is 297 g/mol. The Morgan fingerprint density at radius 1 is 1.33 bits per heavy atom. The molecule has 0 spiro atoms. The topological polar surface area (TPSA) is 55.4 Å². The number of hydrogen-bond donors (Lipinski definition) is 1. The van der Waals surface area contributed by atoms with Gasteiger partial charge in [0.1, 0.15) is 6.04 Å². The number of carbonyl (C=O) groups is 2. The summed E-state index contributed by atoms with van der Waals surface area (Å²) in [6.45, 7) is 0. The maximum absolute atomic E-state index is 13.1. The number of ether oxygens (including phenoxy) is 1. The molecule has 0 bridgehead atoms. The number of carbonyl (C=O) groups excluding carboxylic acids is 2. The monoisotopic (exact) mass is 297 g/mol. The normalized spacial score (nSPS) is 15.4. The molecule has 1 N–H and O–H groups in total. The van der Waals surface area contributed by atoms with Gasteiger partial charge >= 0.3 is 5.97 Å². The highest BCUT2D eigenvalue weighted by Gasteiger charge is 2.30. The van der Waals surface area contributed by atoms with Crippen LogP contribution in [0.5, 0.6) is 0 Å². The molecular formula is C15H17F2NO3. The first-order chi connectivity index (χ1) is 9.99. The Labute approximate surface area is 121 Å². The first-order valence-electron chi connectivity index (χ1n) is 6.80. The van der Waals surface area contributed by atoms with Gasteiger partial charge in [-0.25, -0.2) is 13.6 Å². The molecule has 0 aliphatic heterocycles. The molecule has 0 radical (unpaired) electrons.